The minimum atomic E-state index is 0.613. The third kappa shape index (κ3) is 6.82. The Morgan fingerprint density at radius 2 is 1.16 bits per heavy atom. The van der Waals surface area contributed by atoms with Crippen molar-refractivity contribution in [3.63, 3.8) is 0 Å². The van der Waals surface area contributed by atoms with Crippen LogP contribution in [0.2, 0.25) is 0 Å². The maximum absolute atomic E-state index is 2.40. The summed E-state index contributed by atoms with van der Waals surface area (Å²) in [4.78, 5) is 0. The van der Waals surface area contributed by atoms with Crippen LogP contribution >= 0.6 is 0 Å². The van der Waals surface area contributed by atoms with Crippen LogP contribution in [0.3, 0.4) is 0 Å². The molecule has 0 radical (unpaired) electrons. The largest absolute Gasteiger partial charge is 0.0625 e. The highest BCUT2D eigenvalue weighted by molar-refractivity contribution is 4.84. The van der Waals surface area contributed by atoms with Crippen molar-refractivity contribution in [1.82, 2.24) is 0 Å². The van der Waals surface area contributed by atoms with E-state index in [0.717, 1.165) is 5.92 Å². The van der Waals surface area contributed by atoms with Gasteiger partial charge in [0.05, 0.1) is 0 Å². The van der Waals surface area contributed by atoms with Crippen LogP contribution < -0.4 is 0 Å². The first-order valence-corrected chi connectivity index (χ1v) is 8.52. The van der Waals surface area contributed by atoms with Gasteiger partial charge in [-0.05, 0) is 54.3 Å². The molecule has 2 rings (SSSR count). The molecule has 0 nitrogen and oxygen atoms in total. The van der Waals surface area contributed by atoms with Gasteiger partial charge in [-0.15, -0.1) is 0 Å². The zero-order chi connectivity index (χ0) is 14.7. The fraction of sp³-hybridized carbons (Fsp3) is 1.00. The van der Waals surface area contributed by atoms with E-state index in [1.165, 1.54) is 51.4 Å². The summed E-state index contributed by atoms with van der Waals surface area (Å²) in [5.41, 5.74) is 1.88. The molecule has 0 N–H and O–H groups in total. The van der Waals surface area contributed by atoms with E-state index < -0.39 is 0 Å². The average molecular weight is 267 g/mol. The van der Waals surface area contributed by atoms with E-state index >= 15 is 0 Å². The summed E-state index contributed by atoms with van der Waals surface area (Å²) < 4.78 is 0. The molecule has 2 aliphatic carbocycles. The van der Waals surface area contributed by atoms with Crippen molar-refractivity contribution in [2.75, 3.05) is 0 Å². The summed E-state index contributed by atoms with van der Waals surface area (Å²) in [6.45, 7) is 16.7. The monoisotopic (exact) mass is 266 g/mol. The van der Waals surface area contributed by atoms with E-state index in [0.29, 0.717) is 16.2 Å². The van der Waals surface area contributed by atoms with Gasteiger partial charge in [0, 0.05) is 0 Å². The number of hydrogen-bond acceptors (Lipinski definition) is 0. The van der Waals surface area contributed by atoms with Gasteiger partial charge in [-0.25, -0.2) is 0 Å². The molecule has 1 unspecified atom stereocenters. The van der Waals surface area contributed by atoms with Crippen LogP contribution in [0.15, 0.2) is 0 Å². The Morgan fingerprint density at radius 3 is 1.42 bits per heavy atom. The highest BCUT2D eigenvalue weighted by Gasteiger charge is 2.32. The van der Waals surface area contributed by atoms with Crippen molar-refractivity contribution in [3.05, 3.63) is 0 Å². The molecule has 0 amide bonds. The topological polar surface area (TPSA) is 0 Å². The Kier molecular flexibility index (Phi) is 5.55. The third-order valence-corrected chi connectivity index (χ3v) is 5.12. The molecule has 0 aromatic rings. The quantitative estimate of drug-likeness (QED) is 0.450. The smallest absolute Gasteiger partial charge is 0.0349 e. The Hall–Kier alpha value is 0. The lowest BCUT2D eigenvalue weighted by atomic mass is 9.65. The van der Waals surface area contributed by atoms with Gasteiger partial charge in [0.1, 0.15) is 0 Å². The molecular weight excluding hydrogens is 228 g/mol. The van der Waals surface area contributed by atoms with E-state index in [-0.39, 0.29) is 0 Å². The SMILES string of the molecule is CC1(C)CCCC(C)(C)C1.CC1CCCC(C)(C)C1. The fourth-order valence-electron chi connectivity index (χ4n) is 4.59. The van der Waals surface area contributed by atoms with Crippen LogP contribution in [0.1, 0.15) is 99.8 Å². The highest BCUT2D eigenvalue weighted by atomic mass is 14.4. The first-order valence-electron chi connectivity index (χ1n) is 8.52. The molecule has 2 fully saturated rings. The average Bonchev–Trinajstić information content (AvgIpc) is 2.11. The van der Waals surface area contributed by atoms with Crippen LogP contribution in [0.25, 0.3) is 0 Å². The minimum absolute atomic E-state index is 0.613. The standard InChI is InChI=1S/C10H20.C9H18/c1-9(2)6-5-7-10(3,4)8-9;1-8-5-4-6-9(2,3)7-8/h5-8H2,1-4H3;8H,4-7H2,1-3H3. The van der Waals surface area contributed by atoms with Gasteiger partial charge in [-0.3, -0.25) is 0 Å². The normalized spacial score (nSPS) is 32.1. The molecule has 0 aromatic heterocycles. The predicted octanol–water partition coefficient (Wildman–Crippen LogP) is 6.84. The molecule has 2 aliphatic rings. The molecule has 0 bridgehead atoms. The summed E-state index contributed by atoms with van der Waals surface area (Å²) in [5.74, 6) is 0.980. The summed E-state index contributed by atoms with van der Waals surface area (Å²) in [7, 11) is 0. The maximum atomic E-state index is 2.40. The second-order valence-corrected chi connectivity index (χ2v) is 9.72. The second kappa shape index (κ2) is 6.19. The van der Waals surface area contributed by atoms with Crippen molar-refractivity contribution in [2.24, 2.45) is 22.2 Å². The van der Waals surface area contributed by atoms with Crippen LogP contribution in [-0.2, 0) is 0 Å². The number of hydrogen-bond donors (Lipinski definition) is 0. The minimum Gasteiger partial charge on any atom is -0.0625 e. The maximum Gasteiger partial charge on any atom is -0.0349 e. The van der Waals surface area contributed by atoms with Crippen LogP contribution in [-0.4, -0.2) is 0 Å². The number of rotatable bonds is 0. The Balaban J connectivity index is 0.000000191. The molecule has 1 atom stereocenters. The first kappa shape index (κ1) is 17.1. The molecule has 2 saturated carbocycles. The molecule has 0 aliphatic heterocycles. The molecule has 0 heterocycles. The zero-order valence-corrected chi connectivity index (χ0v) is 14.7. The van der Waals surface area contributed by atoms with Gasteiger partial charge in [0.15, 0.2) is 0 Å². The van der Waals surface area contributed by atoms with Crippen molar-refractivity contribution in [3.8, 4) is 0 Å². The van der Waals surface area contributed by atoms with Gasteiger partial charge < -0.3 is 0 Å². The van der Waals surface area contributed by atoms with Crippen molar-refractivity contribution in [1.29, 1.82) is 0 Å². The van der Waals surface area contributed by atoms with Gasteiger partial charge in [-0.2, -0.15) is 0 Å². The summed E-state index contributed by atoms with van der Waals surface area (Å²) in [6, 6.07) is 0. The van der Waals surface area contributed by atoms with Gasteiger partial charge in [0.25, 0.3) is 0 Å². The van der Waals surface area contributed by atoms with Crippen molar-refractivity contribution in [2.45, 2.75) is 99.8 Å². The summed E-state index contributed by atoms with van der Waals surface area (Å²) in [6.07, 6.45) is 11.5. The molecule has 114 valence electrons. The van der Waals surface area contributed by atoms with Crippen LogP contribution in [0, 0.1) is 22.2 Å². The van der Waals surface area contributed by atoms with E-state index in [1.54, 1.807) is 0 Å². The van der Waals surface area contributed by atoms with E-state index in [2.05, 4.69) is 48.5 Å². The fourth-order valence-corrected chi connectivity index (χ4v) is 4.59. The Morgan fingerprint density at radius 1 is 0.684 bits per heavy atom. The highest BCUT2D eigenvalue weighted by Crippen LogP contribution is 2.45. The predicted molar refractivity (Wildman–Crippen MR) is 87.4 cm³/mol. The summed E-state index contributed by atoms with van der Waals surface area (Å²) >= 11 is 0. The Labute approximate surface area is 122 Å². The van der Waals surface area contributed by atoms with Crippen molar-refractivity contribution >= 4 is 0 Å². The van der Waals surface area contributed by atoms with E-state index in [9.17, 15) is 0 Å². The molecule has 19 heavy (non-hydrogen) atoms. The molecule has 0 spiro atoms. The first-order chi connectivity index (χ1) is 8.52. The molecular formula is C19H38. The molecule has 0 saturated heterocycles. The third-order valence-electron chi connectivity index (χ3n) is 5.12. The van der Waals surface area contributed by atoms with Crippen LogP contribution in [0.4, 0.5) is 0 Å². The van der Waals surface area contributed by atoms with E-state index in [4.69, 9.17) is 0 Å². The molecule has 0 heteroatoms. The van der Waals surface area contributed by atoms with Crippen molar-refractivity contribution < 1.29 is 0 Å². The van der Waals surface area contributed by atoms with Gasteiger partial charge >= 0.3 is 0 Å². The molecule has 0 aromatic carbocycles. The van der Waals surface area contributed by atoms with Gasteiger partial charge in [-0.1, -0.05) is 67.7 Å². The lowest BCUT2D eigenvalue weighted by molar-refractivity contribution is 0.116. The zero-order valence-electron chi connectivity index (χ0n) is 14.7. The second-order valence-electron chi connectivity index (χ2n) is 9.72. The van der Waals surface area contributed by atoms with Gasteiger partial charge in [0.2, 0.25) is 0 Å². The lowest BCUT2D eigenvalue weighted by Gasteiger charge is -2.40. The lowest BCUT2D eigenvalue weighted by Crippen LogP contribution is -2.28. The Bertz CT molecular complexity index is 256. The van der Waals surface area contributed by atoms with Crippen LogP contribution in [0.5, 0.6) is 0 Å². The summed E-state index contributed by atoms with van der Waals surface area (Å²) in [5, 5.41) is 0. The van der Waals surface area contributed by atoms with E-state index in [1.807, 2.05) is 0 Å².